The summed E-state index contributed by atoms with van der Waals surface area (Å²) in [6.45, 7) is 7.63. The van der Waals surface area contributed by atoms with Crippen LogP contribution in [0.3, 0.4) is 0 Å². The van der Waals surface area contributed by atoms with Crippen LogP contribution in [0.5, 0.6) is 0 Å². The average Bonchev–Trinajstić information content (AvgIpc) is 2.70. The molecule has 1 heterocycles. The molecule has 1 unspecified atom stereocenters. The summed E-state index contributed by atoms with van der Waals surface area (Å²) < 4.78 is 0. The molecule has 0 aromatic carbocycles. The minimum atomic E-state index is 0.469. The van der Waals surface area contributed by atoms with Gasteiger partial charge >= 0.3 is 0 Å². The van der Waals surface area contributed by atoms with Gasteiger partial charge in [-0.2, -0.15) is 0 Å². The molecule has 2 nitrogen and oxygen atoms in total. The first-order valence-electron chi connectivity index (χ1n) is 6.43. The van der Waals surface area contributed by atoms with Gasteiger partial charge in [0.1, 0.15) is 0 Å². The Morgan fingerprint density at radius 1 is 1.31 bits per heavy atom. The fraction of sp³-hybridized carbons (Fsp3) is 0.769. The molecule has 92 valence electrons. The van der Waals surface area contributed by atoms with E-state index in [-0.39, 0.29) is 0 Å². The third-order valence-electron chi connectivity index (χ3n) is 2.73. The normalized spacial score (nSPS) is 12.9. The van der Waals surface area contributed by atoms with Crippen molar-refractivity contribution in [2.45, 2.75) is 58.9 Å². The van der Waals surface area contributed by atoms with E-state index < -0.39 is 0 Å². The van der Waals surface area contributed by atoms with Crippen molar-refractivity contribution in [3.63, 3.8) is 0 Å². The molecular weight excluding hydrogens is 216 g/mol. The molecule has 1 N–H and O–H groups in total. The number of aromatic nitrogens is 1. The van der Waals surface area contributed by atoms with E-state index >= 15 is 0 Å². The Labute approximate surface area is 103 Å². The zero-order chi connectivity index (χ0) is 11.8. The van der Waals surface area contributed by atoms with Crippen molar-refractivity contribution in [2.75, 3.05) is 6.54 Å². The largest absolute Gasteiger partial charge is 0.309 e. The summed E-state index contributed by atoms with van der Waals surface area (Å²) in [7, 11) is 0. The summed E-state index contributed by atoms with van der Waals surface area (Å²) >= 11 is 1.75. The number of nitrogens with one attached hydrogen (secondary N) is 1. The van der Waals surface area contributed by atoms with Crippen molar-refractivity contribution in [1.29, 1.82) is 0 Å². The van der Waals surface area contributed by atoms with Gasteiger partial charge in [-0.25, -0.2) is 4.98 Å². The third kappa shape index (κ3) is 4.62. The van der Waals surface area contributed by atoms with E-state index in [1.807, 2.05) is 0 Å². The Morgan fingerprint density at radius 2 is 2.12 bits per heavy atom. The molecule has 1 rings (SSSR count). The molecule has 0 bridgehead atoms. The maximum absolute atomic E-state index is 4.60. The molecule has 0 aliphatic heterocycles. The lowest BCUT2D eigenvalue weighted by Gasteiger charge is -2.16. The van der Waals surface area contributed by atoms with Gasteiger partial charge in [-0.3, -0.25) is 0 Å². The van der Waals surface area contributed by atoms with Gasteiger partial charge in [0.15, 0.2) is 0 Å². The van der Waals surface area contributed by atoms with Crippen molar-refractivity contribution in [1.82, 2.24) is 10.3 Å². The Kier molecular flexibility index (Phi) is 6.65. The lowest BCUT2D eigenvalue weighted by Crippen LogP contribution is -2.22. The second-order valence-electron chi connectivity index (χ2n) is 4.29. The number of aryl methyl sites for hydroxylation is 1. The zero-order valence-electron chi connectivity index (χ0n) is 10.8. The molecule has 0 aliphatic carbocycles. The fourth-order valence-corrected chi connectivity index (χ4v) is 2.48. The first-order chi connectivity index (χ1) is 7.77. The van der Waals surface area contributed by atoms with Crippen molar-refractivity contribution in [2.24, 2.45) is 0 Å². The molecular formula is C13H24N2S. The van der Waals surface area contributed by atoms with Gasteiger partial charge in [-0.05, 0) is 26.3 Å². The number of hydrogen-bond donors (Lipinski definition) is 1. The van der Waals surface area contributed by atoms with Gasteiger partial charge in [0, 0.05) is 5.38 Å². The van der Waals surface area contributed by atoms with Crippen LogP contribution < -0.4 is 5.32 Å². The fourth-order valence-electron chi connectivity index (χ4n) is 1.81. The Morgan fingerprint density at radius 3 is 2.69 bits per heavy atom. The number of hydrogen-bond acceptors (Lipinski definition) is 3. The molecule has 0 saturated carbocycles. The summed E-state index contributed by atoms with van der Waals surface area (Å²) in [5.41, 5.74) is 1.24. The Hall–Kier alpha value is -0.410. The van der Waals surface area contributed by atoms with E-state index in [4.69, 9.17) is 0 Å². The van der Waals surface area contributed by atoms with Crippen molar-refractivity contribution in [3.8, 4) is 0 Å². The van der Waals surface area contributed by atoms with Gasteiger partial charge in [0.05, 0.1) is 16.7 Å². The molecule has 1 atom stereocenters. The zero-order valence-corrected chi connectivity index (χ0v) is 11.6. The second kappa shape index (κ2) is 7.80. The molecule has 0 fully saturated rings. The van der Waals surface area contributed by atoms with E-state index in [0.29, 0.717) is 6.04 Å². The molecule has 3 heteroatoms. The maximum atomic E-state index is 4.60. The van der Waals surface area contributed by atoms with Crippen LogP contribution in [-0.4, -0.2) is 11.5 Å². The van der Waals surface area contributed by atoms with Crippen LogP contribution in [0.25, 0.3) is 0 Å². The second-order valence-corrected chi connectivity index (χ2v) is 5.36. The molecule has 0 radical (unpaired) electrons. The maximum Gasteiger partial charge on any atom is 0.0898 e. The van der Waals surface area contributed by atoms with E-state index in [1.165, 1.54) is 42.8 Å². The summed E-state index contributed by atoms with van der Waals surface area (Å²) in [5.74, 6) is 0. The van der Waals surface area contributed by atoms with E-state index in [1.54, 1.807) is 11.3 Å². The summed E-state index contributed by atoms with van der Waals surface area (Å²) in [6, 6.07) is 0.469. The van der Waals surface area contributed by atoms with Gasteiger partial charge in [-0.1, -0.05) is 33.1 Å². The minimum absolute atomic E-state index is 0.469. The highest BCUT2D eigenvalue weighted by Crippen LogP contribution is 2.21. The van der Waals surface area contributed by atoms with Crippen molar-refractivity contribution < 1.29 is 0 Å². The summed E-state index contributed by atoms with van der Waals surface area (Å²) in [6.07, 6.45) is 6.32. The predicted molar refractivity (Wildman–Crippen MR) is 72.0 cm³/mol. The highest BCUT2D eigenvalue weighted by atomic mass is 32.1. The lowest BCUT2D eigenvalue weighted by molar-refractivity contribution is 0.467. The summed E-state index contributed by atoms with van der Waals surface area (Å²) in [4.78, 5) is 4.60. The van der Waals surface area contributed by atoms with Crippen LogP contribution >= 0.6 is 11.3 Å². The molecule has 0 aliphatic rings. The predicted octanol–water partition coefficient (Wildman–Crippen LogP) is 4.07. The molecule has 1 aromatic heterocycles. The smallest absolute Gasteiger partial charge is 0.0898 e. The van der Waals surface area contributed by atoms with Gasteiger partial charge in [-0.15, -0.1) is 11.3 Å². The summed E-state index contributed by atoms with van der Waals surface area (Å²) in [5, 5.41) is 6.98. The number of nitrogens with zero attached hydrogens (tertiary/aromatic N) is 1. The Balaban J connectivity index is 2.49. The van der Waals surface area contributed by atoms with Gasteiger partial charge < -0.3 is 5.32 Å². The monoisotopic (exact) mass is 240 g/mol. The average molecular weight is 240 g/mol. The SMILES string of the molecule is CCCCCC(NCCC)c1csc(C)n1. The minimum Gasteiger partial charge on any atom is -0.309 e. The number of unbranched alkanes of at least 4 members (excludes halogenated alkanes) is 2. The van der Waals surface area contributed by atoms with Crippen LogP contribution in [0.4, 0.5) is 0 Å². The van der Waals surface area contributed by atoms with Crippen molar-refractivity contribution in [3.05, 3.63) is 16.1 Å². The molecule has 0 spiro atoms. The molecule has 0 amide bonds. The van der Waals surface area contributed by atoms with Crippen LogP contribution in [0, 0.1) is 6.92 Å². The van der Waals surface area contributed by atoms with Crippen LogP contribution in [-0.2, 0) is 0 Å². The standard InChI is InChI=1S/C13H24N2S/c1-4-6-7-8-12(14-9-5-2)13-10-16-11(3)15-13/h10,12,14H,4-9H2,1-3H3. The van der Waals surface area contributed by atoms with Gasteiger partial charge in [0.25, 0.3) is 0 Å². The van der Waals surface area contributed by atoms with Gasteiger partial charge in [0.2, 0.25) is 0 Å². The number of rotatable bonds is 8. The lowest BCUT2D eigenvalue weighted by atomic mass is 10.1. The van der Waals surface area contributed by atoms with E-state index in [9.17, 15) is 0 Å². The number of thiazole rings is 1. The van der Waals surface area contributed by atoms with Crippen LogP contribution in [0.1, 0.15) is 62.7 Å². The third-order valence-corrected chi connectivity index (χ3v) is 3.52. The first-order valence-corrected chi connectivity index (χ1v) is 7.31. The molecule has 0 saturated heterocycles. The van der Waals surface area contributed by atoms with Crippen LogP contribution in [0.15, 0.2) is 5.38 Å². The quantitative estimate of drug-likeness (QED) is 0.693. The van der Waals surface area contributed by atoms with E-state index in [2.05, 4.69) is 36.5 Å². The first kappa shape index (κ1) is 13.7. The van der Waals surface area contributed by atoms with Crippen LogP contribution in [0.2, 0.25) is 0 Å². The topological polar surface area (TPSA) is 24.9 Å². The highest BCUT2D eigenvalue weighted by Gasteiger charge is 2.12. The highest BCUT2D eigenvalue weighted by molar-refractivity contribution is 7.09. The van der Waals surface area contributed by atoms with E-state index in [0.717, 1.165) is 6.54 Å². The molecule has 1 aromatic rings. The van der Waals surface area contributed by atoms with Crippen molar-refractivity contribution >= 4 is 11.3 Å². The molecule has 16 heavy (non-hydrogen) atoms. The Bertz CT molecular complexity index is 283.